The maximum absolute atomic E-state index is 10.8. The minimum atomic E-state index is -1.11. The molecule has 0 aliphatic rings. The van der Waals surface area contributed by atoms with Gasteiger partial charge in [0.1, 0.15) is 11.3 Å². The predicted molar refractivity (Wildman–Crippen MR) is 52.7 cm³/mol. The third kappa shape index (κ3) is 1.95. The standard InChI is InChI=1S/C8H6BrClO3/c1-13-7-4(9)2-3-5(10)6(7)8(11)12/h2-3H,1H3,(H,11,12). The van der Waals surface area contributed by atoms with E-state index in [1.54, 1.807) is 6.07 Å². The second-order valence-corrected chi connectivity index (χ2v) is 3.50. The molecule has 0 amide bonds. The molecule has 5 heteroatoms. The zero-order chi connectivity index (χ0) is 10.0. The smallest absolute Gasteiger partial charge is 0.341 e. The zero-order valence-corrected chi connectivity index (χ0v) is 9.02. The van der Waals surface area contributed by atoms with Crippen LogP contribution in [-0.4, -0.2) is 18.2 Å². The number of ether oxygens (including phenoxy) is 1. The Hall–Kier alpha value is -0.740. The van der Waals surface area contributed by atoms with E-state index in [-0.39, 0.29) is 16.3 Å². The van der Waals surface area contributed by atoms with Crippen molar-refractivity contribution < 1.29 is 14.6 Å². The number of carboxylic acids is 1. The molecule has 3 nitrogen and oxygen atoms in total. The van der Waals surface area contributed by atoms with E-state index in [1.165, 1.54) is 13.2 Å². The lowest BCUT2D eigenvalue weighted by atomic mass is 10.2. The Bertz CT molecular complexity index is 351. The summed E-state index contributed by atoms with van der Waals surface area (Å²) in [5.41, 5.74) is -0.0291. The Morgan fingerprint density at radius 2 is 2.23 bits per heavy atom. The molecule has 0 aliphatic carbocycles. The highest BCUT2D eigenvalue weighted by Gasteiger charge is 2.17. The molecule has 1 aromatic rings. The van der Waals surface area contributed by atoms with Crippen molar-refractivity contribution in [3.63, 3.8) is 0 Å². The third-order valence-electron chi connectivity index (χ3n) is 1.48. The lowest BCUT2D eigenvalue weighted by Gasteiger charge is -2.07. The molecule has 0 atom stereocenters. The molecule has 0 heterocycles. The molecule has 1 N–H and O–H groups in total. The van der Waals surface area contributed by atoms with Gasteiger partial charge in [0.2, 0.25) is 0 Å². The van der Waals surface area contributed by atoms with Gasteiger partial charge >= 0.3 is 5.97 Å². The largest absolute Gasteiger partial charge is 0.495 e. The Labute approximate surface area is 88.4 Å². The van der Waals surface area contributed by atoms with Gasteiger partial charge in [0.25, 0.3) is 0 Å². The summed E-state index contributed by atoms with van der Waals surface area (Å²) in [5, 5.41) is 8.98. The topological polar surface area (TPSA) is 46.5 Å². The molecule has 0 saturated carbocycles. The van der Waals surface area contributed by atoms with Gasteiger partial charge in [-0.1, -0.05) is 11.6 Å². The summed E-state index contributed by atoms with van der Waals surface area (Å²) >= 11 is 8.86. The van der Waals surface area contributed by atoms with E-state index in [9.17, 15) is 4.79 Å². The molecular weight excluding hydrogens is 259 g/mol. The summed E-state index contributed by atoms with van der Waals surface area (Å²) in [6.07, 6.45) is 0. The van der Waals surface area contributed by atoms with E-state index in [0.717, 1.165) is 0 Å². The van der Waals surface area contributed by atoms with Gasteiger partial charge in [-0.05, 0) is 28.1 Å². The lowest BCUT2D eigenvalue weighted by Crippen LogP contribution is -2.01. The second-order valence-electron chi connectivity index (χ2n) is 2.24. The van der Waals surface area contributed by atoms with Crippen LogP contribution in [0.3, 0.4) is 0 Å². The van der Waals surface area contributed by atoms with Crippen LogP contribution in [-0.2, 0) is 0 Å². The summed E-state index contributed by atoms with van der Waals surface area (Å²) in [6.45, 7) is 0. The highest BCUT2D eigenvalue weighted by Crippen LogP contribution is 2.33. The second kappa shape index (κ2) is 3.98. The van der Waals surface area contributed by atoms with E-state index in [4.69, 9.17) is 21.4 Å². The average Bonchev–Trinajstić information content (AvgIpc) is 2.07. The van der Waals surface area contributed by atoms with Crippen LogP contribution in [0.4, 0.5) is 0 Å². The number of rotatable bonds is 2. The van der Waals surface area contributed by atoms with E-state index >= 15 is 0 Å². The van der Waals surface area contributed by atoms with Crippen LogP contribution in [0.15, 0.2) is 16.6 Å². The molecular formula is C8H6BrClO3. The van der Waals surface area contributed by atoms with Crippen LogP contribution < -0.4 is 4.74 Å². The molecule has 0 saturated heterocycles. The fourth-order valence-corrected chi connectivity index (χ4v) is 1.65. The summed E-state index contributed by atoms with van der Waals surface area (Å²) in [4.78, 5) is 10.8. The number of carbonyl (C=O) groups is 1. The van der Waals surface area contributed by atoms with Crippen molar-refractivity contribution in [2.45, 2.75) is 0 Å². The van der Waals surface area contributed by atoms with Gasteiger partial charge in [0, 0.05) is 0 Å². The van der Waals surface area contributed by atoms with Crippen LogP contribution in [0.2, 0.25) is 5.02 Å². The van der Waals surface area contributed by atoms with Crippen molar-refractivity contribution >= 4 is 33.5 Å². The van der Waals surface area contributed by atoms with Crippen molar-refractivity contribution in [2.75, 3.05) is 7.11 Å². The minimum absolute atomic E-state index is 0.0291. The van der Waals surface area contributed by atoms with E-state index in [1.807, 2.05) is 0 Å². The Morgan fingerprint density at radius 3 is 2.62 bits per heavy atom. The third-order valence-corrected chi connectivity index (χ3v) is 2.42. The summed E-state index contributed by atoms with van der Waals surface area (Å²) in [7, 11) is 1.39. The normalized spacial score (nSPS) is 9.77. The first-order valence-corrected chi connectivity index (χ1v) is 4.50. The molecule has 0 radical (unpaired) electrons. The molecule has 0 unspecified atom stereocenters. The quantitative estimate of drug-likeness (QED) is 0.894. The molecule has 1 aromatic carbocycles. The summed E-state index contributed by atoms with van der Waals surface area (Å²) < 4.78 is 5.47. The predicted octanol–water partition coefficient (Wildman–Crippen LogP) is 2.81. The van der Waals surface area contributed by atoms with Crippen molar-refractivity contribution in [3.8, 4) is 5.75 Å². The molecule has 0 aromatic heterocycles. The lowest BCUT2D eigenvalue weighted by molar-refractivity contribution is 0.0693. The number of hydrogen-bond donors (Lipinski definition) is 1. The van der Waals surface area contributed by atoms with Gasteiger partial charge in [-0.2, -0.15) is 0 Å². The molecule has 0 aliphatic heterocycles. The van der Waals surface area contributed by atoms with Gasteiger partial charge in [-0.25, -0.2) is 4.79 Å². The van der Waals surface area contributed by atoms with Gasteiger partial charge in [-0.3, -0.25) is 0 Å². The SMILES string of the molecule is COc1c(Br)ccc(Cl)c1C(=O)O. The number of benzene rings is 1. The van der Waals surface area contributed by atoms with Crippen LogP contribution in [0.25, 0.3) is 0 Å². The Kier molecular flexibility index (Phi) is 3.17. The monoisotopic (exact) mass is 264 g/mol. The van der Waals surface area contributed by atoms with E-state index < -0.39 is 5.97 Å². The fraction of sp³-hybridized carbons (Fsp3) is 0.125. The number of aromatic carboxylic acids is 1. The highest BCUT2D eigenvalue weighted by atomic mass is 79.9. The van der Waals surface area contributed by atoms with Crippen molar-refractivity contribution in [3.05, 3.63) is 27.2 Å². The van der Waals surface area contributed by atoms with E-state index in [0.29, 0.717) is 4.47 Å². The van der Waals surface area contributed by atoms with Crippen LogP contribution in [0.1, 0.15) is 10.4 Å². The first-order chi connectivity index (χ1) is 6.07. The first kappa shape index (κ1) is 10.3. The van der Waals surface area contributed by atoms with Gasteiger partial charge in [0.05, 0.1) is 16.6 Å². The number of halogens is 2. The molecule has 0 spiro atoms. The number of hydrogen-bond acceptors (Lipinski definition) is 2. The van der Waals surface area contributed by atoms with Gasteiger partial charge < -0.3 is 9.84 Å². The first-order valence-electron chi connectivity index (χ1n) is 3.33. The maximum Gasteiger partial charge on any atom is 0.341 e. The average molecular weight is 265 g/mol. The van der Waals surface area contributed by atoms with Crippen molar-refractivity contribution in [1.82, 2.24) is 0 Å². The summed E-state index contributed by atoms with van der Waals surface area (Å²) in [6, 6.07) is 3.13. The minimum Gasteiger partial charge on any atom is -0.495 e. The highest BCUT2D eigenvalue weighted by molar-refractivity contribution is 9.10. The molecule has 1 rings (SSSR count). The Balaban J connectivity index is 3.43. The van der Waals surface area contributed by atoms with Gasteiger partial charge in [-0.15, -0.1) is 0 Å². The maximum atomic E-state index is 10.8. The number of carboxylic acid groups (broad SMARTS) is 1. The number of methoxy groups -OCH3 is 1. The fourth-order valence-electron chi connectivity index (χ4n) is 0.932. The zero-order valence-electron chi connectivity index (χ0n) is 6.67. The van der Waals surface area contributed by atoms with E-state index in [2.05, 4.69) is 15.9 Å². The summed E-state index contributed by atoms with van der Waals surface area (Å²) in [5.74, 6) is -0.872. The van der Waals surface area contributed by atoms with Crippen LogP contribution in [0.5, 0.6) is 5.75 Å². The molecule has 0 fully saturated rings. The van der Waals surface area contributed by atoms with Crippen LogP contribution >= 0.6 is 27.5 Å². The van der Waals surface area contributed by atoms with Crippen molar-refractivity contribution in [1.29, 1.82) is 0 Å². The van der Waals surface area contributed by atoms with Gasteiger partial charge in [0.15, 0.2) is 0 Å². The molecule has 13 heavy (non-hydrogen) atoms. The molecule has 70 valence electrons. The Morgan fingerprint density at radius 1 is 1.62 bits per heavy atom. The molecule has 0 bridgehead atoms. The van der Waals surface area contributed by atoms with Crippen LogP contribution in [0, 0.1) is 0 Å². The van der Waals surface area contributed by atoms with Crippen molar-refractivity contribution in [2.24, 2.45) is 0 Å².